The molecule has 0 saturated heterocycles. The molecule has 1 fully saturated rings. The summed E-state index contributed by atoms with van der Waals surface area (Å²) in [6, 6.07) is 3.68. The highest BCUT2D eigenvalue weighted by Gasteiger charge is 2.44. The highest BCUT2D eigenvalue weighted by molar-refractivity contribution is 5.21. The van der Waals surface area contributed by atoms with Crippen molar-refractivity contribution in [2.24, 2.45) is 11.3 Å². The zero-order valence-electron chi connectivity index (χ0n) is 10.6. The van der Waals surface area contributed by atoms with Gasteiger partial charge in [-0.3, -0.25) is 0 Å². The van der Waals surface area contributed by atoms with Crippen LogP contribution in [0, 0.1) is 23.0 Å². The van der Waals surface area contributed by atoms with E-state index in [4.69, 9.17) is 0 Å². The molecule has 1 aliphatic carbocycles. The Balaban J connectivity index is 1.93. The Kier molecular flexibility index (Phi) is 3.21. The van der Waals surface area contributed by atoms with E-state index >= 15 is 0 Å². The summed E-state index contributed by atoms with van der Waals surface area (Å²) in [5.41, 5.74) is 0.957. The van der Waals surface area contributed by atoms with Crippen LogP contribution in [0.3, 0.4) is 0 Å². The van der Waals surface area contributed by atoms with Crippen molar-refractivity contribution in [2.45, 2.75) is 33.2 Å². The third kappa shape index (κ3) is 2.83. The van der Waals surface area contributed by atoms with Crippen LogP contribution in [0.1, 0.15) is 38.8 Å². The van der Waals surface area contributed by atoms with E-state index in [0.29, 0.717) is 16.9 Å². The molecule has 1 N–H and O–H groups in total. The SMILES string of the molecule is CC(NCC1CC1(C)C)c1ccc(F)cc1F. The molecular formula is C14H19F2N. The van der Waals surface area contributed by atoms with Gasteiger partial charge in [0.2, 0.25) is 0 Å². The van der Waals surface area contributed by atoms with Crippen LogP contribution < -0.4 is 5.32 Å². The fourth-order valence-corrected chi connectivity index (χ4v) is 2.21. The minimum absolute atomic E-state index is 0.0769. The van der Waals surface area contributed by atoms with Crippen LogP contribution in [0.5, 0.6) is 0 Å². The molecular weight excluding hydrogens is 220 g/mol. The van der Waals surface area contributed by atoms with Gasteiger partial charge in [0.25, 0.3) is 0 Å². The van der Waals surface area contributed by atoms with Crippen molar-refractivity contribution in [2.75, 3.05) is 6.54 Å². The molecule has 17 heavy (non-hydrogen) atoms. The Bertz CT molecular complexity index is 415. The van der Waals surface area contributed by atoms with Crippen LogP contribution in [0.25, 0.3) is 0 Å². The van der Waals surface area contributed by atoms with Gasteiger partial charge in [0, 0.05) is 17.7 Å². The lowest BCUT2D eigenvalue weighted by molar-refractivity contribution is 0.470. The van der Waals surface area contributed by atoms with E-state index in [1.54, 1.807) is 0 Å². The van der Waals surface area contributed by atoms with Gasteiger partial charge in [-0.05, 0) is 37.3 Å². The fourth-order valence-electron chi connectivity index (χ4n) is 2.21. The maximum Gasteiger partial charge on any atom is 0.130 e. The number of hydrogen-bond acceptors (Lipinski definition) is 1. The van der Waals surface area contributed by atoms with Crippen molar-refractivity contribution in [1.82, 2.24) is 5.32 Å². The van der Waals surface area contributed by atoms with E-state index in [-0.39, 0.29) is 6.04 Å². The number of rotatable bonds is 4. The van der Waals surface area contributed by atoms with Gasteiger partial charge in [-0.1, -0.05) is 19.9 Å². The van der Waals surface area contributed by atoms with Crippen LogP contribution in [-0.2, 0) is 0 Å². The topological polar surface area (TPSA) is 12.0 Å². The maximum absolute atomic E-state index is 13.5. The predicted molar refractivity (Wildman–Crippen MR) is 64.7 cm³/mol. The van der Waals surface area contributed by atoms with E-state index < -0.39 is 11.6 Å². The van der Waals surface area contributed by atoms with E-state index in [1.807, 2.05) is 6.92 Å². The smallest absolute Gasteiger partial charge is 0.130 e. The molecule has 2 atom stereocenters. The Morgan fingerprint density at radius 3 is 2.59 bits per heavy atom. The van der Waals surface area contributed by atoms with Crippen molar-refractivity contribution in [3.05, 3.63) is 35.4 Å². The molecule has 0 aromatic heterocycles. The summed E-state index contributed by atoms with van der Waals surface area (Å²) in [5, 5.41) is 3.31. The molecule has 2 rings (SSSR count). The van der Waals surface area contributed by atoms with Crippen molar-refractivity contribution < 1.29 is 8.78 Å². The molecule has 1 nitrogen and oxygen atoms in total. The molecule has 0 heterocycles. The second-order valence-corrected chi connectivity index (χ2v) is 5.69. The van der Waals surface area contributed by atoms with Gasteiger partial charge in [-0.2, -0.15) is 0 Å². The molecule has 0 spiro atoms. The van der Waals surface area contributed by atoms with Crippen molar-refractivity contribution in [3.8, 4) is 0 Å². The predicted octanol–water partition coefficient (Wildman–Crippen LogP) is 3.66. The van der Waals surface area contributed by atoms with Crippen molar-refractivity contribution >= 4 is 0 Å². The van der Waals surface area contributed by atoms with E-state index in [9.17, 15) is 8.78 Å². The van der Waals surface area contributed by atoms with Gasteiger partial charge in [0.05, 0.1) is 0 Å². The standard InChI is InChI=1S/C14H19F2N/c1-9(17-8-10-7-14(10,2)3)12-5-4-11(15)6-13(12)16/h4-6,9-10,17H,7-8H2,1-3H3. The van der Waals surface area contributed by atoms with Gasteiger partial charge in [0.15, 0.2) is 0 Å². The van der Waals surface area contributed by atoms with Gasteiger partial charge in [0.1, 0.15) is 11.6 Å². The normalized spacial score (nSPS) is 23.5. The minimum atomic E-state index is -0.526. The van der Waals surface area contributed by atoms with Crippen LogP contribution in [0.2, 0.25) is 0 Å². The molecule has 1 saturated carbocycles. The highest BCUT2D eigenvalue weighted by atomic mass is 19.1. The first-order valence-corrected chi connectivity index (χ1v) is 6.08. The Hall–Kier alpha value is -0.960. The lowest BCUT2D eigenvalue weighted by atomic mass is 10.1. The zero-order chi connectivity index (χ0) is 12.6. The largest absolute Gasteiger partial charge is 0.310 e. The molecule has 1 aromatic rings. The Labute approximate surface area is 101 Å². The first-order valence-electron chi connectivity index (χ1n) is 6.08. The number of benzene rings is 1. The van der Waals surface area contributed by atoms with E-state index in [1.165, 1.54) is 18.6 Å². The lowest BCUT2D eigenvalue weighted by Crippen LogP contribution is -2.23. The summed E-state index contributed by atoms with van der Waals surface area (Å²) in [6.07, 6.45) is 1.22. The third-order valence-corrected chi connectivity index (χ3v) is 3.82. The molecule has 1 aliphatic rings. The molecule has 3 heteroatoms. The van der Waals surface area contributed by atoms with Gasteiger partial charge in [-0.15, -0.1) is 0 Å². The van der Waals surface area contributed by atoms with Gasteiger partial charge in [-0.25, -0.2) is 8.78 Å². The maximum atomic E-state index is 13.5. The van der Waals surface area contributed by atoms with Crippen LogP contribution in [-0.4, -0.2) is 6.54 Å². The van der Waals surface area contributed by atoms with Gasteiger partial charge < -0.3 is 5.32 Å². The van der Waals surface area contributed by atoms with Crippen LogP contribution >= 0.6 is 0 Å². The second kappa shape index (κ2) is 4.37. The quantitative estimate of drug-likeness (QED) is 0.845. The summed E-state index contributed by atoms with van der Waals surface area (Å²) >= 11 is 0. The number of nitrogens with one attached hydrogen (secondary N) is 1. The van der Waals surface area contributed by atoms with E-state index in [2.05, 4.69) is 19.2 Å². The molecule has 0 bridgehead atoms. The fraction of sp³-hybridized carbons (Fsp3) is 0.571. The Morgan fingerprint density at radius 2 is 2.06 bits per heavy atom. The molecule has 0 radical (unpaired) electrons. The monoisotopic (exact) mass is 239 g/mol. The molecule has 0 amide bonds. The molecule has 0 aliphatic heterocycles. The zero-order valence-corrected chi connectivity index (χ0v) is 10.6. The molecule has 2 unspecified atom stereocenters. The third-order valence-electron chi connectivity index (χ3n) is 3.82. The highest BCUT2D eigenvalue weighted by Crippen LogP contribution is 2.51. The summed E-state index contributed by atoms with van der Waals surface area (Å²) < 4.78 is 26.3. The number of hydrogen-bond donors (Lipinski definition) is 1. The van der Waals surface area contributed by atoms with Crippen molar-refractivity contribution in [1.29, 1.82) is 0 Å². The second-order valence-electron chi connectivity index (χ2n) is 5.69. The molecule has 1 aromatic carbocycles. The van der Waals surface area contributed by atoms with Crippen LogP contribution in [0.15, 0.2) is 18.2 Å². The Morgan fingerprint density at radius 1 is 1.41 bits per heavy atom. The minimum Gasteiger partial charge on any atom is -0.310 e. The average molecular weight is 239 g/mol. The summed E-state index contributed by atoms with van der Waals surface area (Å²) in [7, 11) is 0. The first-order chi connectivity index (χ1) is 7.90. The van der Waals surface area contributed by atoms with E-state index in [0.717, 1.165) is 12.6 Å². The summed E-state index contributed by atoms with van der Waals surface area (Å²) in [5.74, 6) is -0.324. The van der Waals surface area contributed by atoms with Crippen LogP contribution in [0.4, 0.5) is 8.78 Å². The first kappa shape index (κ1) is 12.5. The van der Waals surface area contributed by atoms with Crippen molar-refractivity contribution in [3.63, 3.8) is 0 Å². The summed E-state index contributed by atoms with van der Waals surface area (Å²) in [6.45, 7) is 7.28. The molecule has 94 valence electrons. The lowest BCUT2D eigenvalue weighted by Gasteiger charge is -2.15. The average Bonchev–Trinajstić information content (AvgIpc) is 2.83. The van der Waals surface area contributed by atoms with Gasteiger partial charge >= 0.3 is 0 Å². The summed E-state index contributed by atoms with van der Waals surface area (Å²) in [4.78, 5) is 0. The number of halogens is 2.